The van der Waals surface area contributed by atoms with Gasteiger partial charge in [-0.05, 0) is 33.1 Å². The van der Waals surface area contributed by atoms with E-state index in [4.69, 9.17) is 0 Å². The van der Waals surface area contributed by atoms with Crippen molar-refractivity contribution >= 4 is 28.1 Å². The molecule has 0 aromatic carbocycles. The number of carbonyl (C=O) groups excluding carboxylic acids is 2. The van der Waals surface area contributed by atoms with E-state index in [1.807, 2.05) is 20.9 Å². The van der Waals surface area contributed by atoms with Gasteiger partial charge in [0.15, 0.2) is 4.96 Å². The molecule has 0 radical (unpaired) electrons. The minimum Gasteiger partial charge on any atom is -0.345 e. The zero-order valence-electron chi connectivity index (χ0n) is 15.2. The first-order valence-electron chi connectivity index (χ1n) is 8.87. The molecule has 2 amide bonds. The fraction of sp³-hybridized carbons (Fsp3) is 0.556. The molecule has 2 aliphatic rings. The van der Waals surface area contributed by atoms with E-state index in [1.54, 1.807) is 9.80 Å². The number of carbonyl (C=O) groups is 2. The Kier molecular flexibility index (Phi) is 3.91. The third-order valence-corrected chi connectivity index (χ3v) is 6.91. The Balaban J connectivity index is 1.66. The van der Waals surface area contributed by atoms with Gasteiger partial charge in [-0.25, -0.2) is 4.98 Å². The number of hydrogen-bond acceptors (Lipinski definition) is 5. The second-order valence-corrected chi connectivity index (χ2v) is 8.61. The lowest BCUT2D eigenvalue weighted by Gasteiger charge is -2.37. The molecular weight excluding hydrogens is 352 g/mol. The van der Waals surface area contributed by atoms with Gasteiger partial charge in [0.1, 0.15) is 5.56 Å². The molecule has 4 heterocycles. The van der Waals surface area contributed by atoms with Crippen LogP contribution in [0.2, 0.25) is 0 Å². The van der Waals surface area contributed by atoms with E-state index in [0.29, 0.717) is 24.5 Å². The third kappa shape index (κ3) is 2.39. The molecule has 0 bridgehead atoms. The summed E-state index contributed by atoms with van der Waals surface area (Å²) in [7, 11) is 1.82. The van der Waals surface area contributed by atoms with Gasteiger partial charge in [-0.15, -0.1) is 11.3 Å². The number of thiazole rings is 1. The fourth-order valence-corrected chi connectivity index (χ4v) is 5.11. The van der Waals surface area contributed by atoms with Crippen molar-refractivity contribution < 1.29 is 9.59 Å². The van der Waals surface area contributed by atoms with E-state index in [-0.39, 0.29) is 22.9 Å². The Morgan fingerprint density at radius 1 is 1.23 bits per heavy atom. The van der Waals surface area contributed by atoms with Gasteiger partial charge in [-0.2, -0.15) is 0 Å². The first-order valence-corrected chi connectivity index (χ1v) is 9.68. The van der Waals surface area contributed by atoms with Crippen LogP contribution in [-0.2, 0) is 4.79 Å². The molecule has 0 N–H and O–H groups in total. The Bertz CT molecular complexity index is 979. The summed E-state index contributed by atoms with van der Waals surface area (Å²) < 4.78 is 1.51. The normalized spacial score (nSPS) is 23.4. The van der Waals surface area contributed by atoms with E-state index in [0.717, 1.165) is 30.0 Å². The molecule has 26 heavy (non-hydrogen) atoms. The first kappa shape index (κ1) is 17.2. The molecule has 0 aliphatic carbocycles. The SMILES string of the molecule is Cc1sc2ncc(C(=O)N3CCC4(CCCN(C)C4=O)C3)c(=O)n2c1C. The highest BCUT2D eigenvalue weighted by atomic mass is 32.1. The zero-order chi connectivity index (χ0) is 18.6. The molecule has 8 heteroatoms. The molecule has 2 aliphatic heterocycles. The van der Waals surface area contributed by atoms with Gasteiger partial charge in [0.2, 0.25) is 5.91 Å². The number of rotatable bonds is 1. The minimum atomic E-state index is -0.481. The van der Waals surface area contributed by atoms with Crippen LogP contribution in [0.15, 0.2) is 11.0 Å². The van der Waals surface area contributed by atoms with Gasteiger partial charge in [0.25, 0.3) is 11.5 Å². The average molecular weight is 374 g/mol. The molecule has 1 atom stereocenters. The van der Waals surface area contributed by atoms with Crippen molar-refractivity contribution in [2.75, 3.05) is 26.7 Å². The quantitative estimate of drug-likeness (QED) is 0.757. The summed E-state index contributed by atoms with van der Waals surface area (Å²) in [5.41, 5.74) is 0.0942. The molecule has 4 rings (SSSR count). The summed E-state index contributed by atoms with van der Waals surface area (Å²) in [6.45, 7) is 5.46. The lowest BCUT2D eigenvalue weighted by atomic mass is 9.78. The average Bonchev–Trinajstić information content (AvgIpc) is 3.16. The van der Waals surface area contributed by atoms with Gasteiger partial charge in [0, 0.05) is 43.4 Å². The van der Waals surface area contributed by atoms with Crippen LogP contribution < -0.4 is 5.56 Å². The van der Waals surface area contributed by atoms with Crippen molar-refractivity contribution in [2.45, 2.75) is 33.1 Å². The maximum absolute atomic E-state index is 13.0. The first-order chi connectivity index (χ1) is 12.3. The predicted octanol–water partition coefficient (Wildman–Crippen LogP) is 1.46. The van der Waals surface area contributed by atoms with Crippen molar-refractivity contribution in [1.29, 1.82) is 0 Å². The summed E-state index contributed by atoms with van der Waals surface area (Å²) in [5.74, 6) is -0.202. The summed E-state index contributed by atoms with van der Waals surface area (Å²) in [4.78, 5) is 47.8. The van der Waals surface area contributed by atoms with Crippen LogP contribution in [0.3, 0.4) is 0 Å². The largest absolute Gasteiger partial charge is 0.345 e. The Hall–Kier alpha value is -2.22. The zero-order valence-corrected chi connectivity index (χ0v) is 16.1. The van der Waals surface area contributed by atoms with E-state index in [9.17, 15) is 14.4 Å². The molecule has 0 saturated carbocycles. The number of fused-ring (bicyclic) bond motifs is 1. The number of likely N-dealkylation sites (tertiary alicyclic amines) is 2. The van der Waals surface area contributed by atoms with Crippen LogP contribution in [-0.4, -0.2) is 57.7 Å². The van der Waals surface area contributed by atoms with Gasteiger partial charge in [0.05, 0.1) is 5.41 Å². The molecule has 2 aromatic rings. The second-order valence-electron chi connectivity index (χ2n) is 7.43. The van der Waals surface area contributed by atoms with Crippen molar-refractivity contribution in [1.82, 2.24) is 19.2 Å². The molecule has 7 nitrogen and oxygen atoms in total. The fourth-order valence-electron chi connectivity index (χ4n) is 4.19. The predicted molar refractivity (Wildman–Crippen MR) is 98.6 cm³/mol. The van der Waals surface area contributed by atoms with Crippen molar-refractivity contribution in [3.8, 4) is 0 Å². The van der Waals surface area contributed by atoms with Crippen molar-refractivity contribution in [3.05, 3.63) is 32.7 Å². The molecular formula is C18H22N4O3S. The highest BCUT2D eigenvalue weighted by molar-refractivity contribution is 7.17. The number of amides is 2. The van der Waals surface area contributed by atoms with Crippen LogP contribution in [0.1, 0.15) is 40.2 Å². The monoisotopic (exact) mass is 374 g/mol. The number of nitrogens with zero attached hydrogens (tertiary/aromatic N) is 4. The van der Waals surface area contributed by atoms with Crippen molar-refractivity contribution in [3.63, 3.8) is 0 Å². The summed E-state index contributed by atoms with van der Waals surface area (Å²) in [6, 6.07) is 0. The van der Waals surface area contributed by atoms with E-state index < -0.39 is 5.41 Å². The number of aromatic nitrogens is 2. The Morgan fingerprint density at radius 3 is 2.77 bits per heavy atom. The van der Waals surface area contributed by atoms with Crippen LogP contribution in [0.25, 0.3) is 4.96 Å². The van der Waals surface area contributed by atoms with Gasteiger partial charge < -0.3 is 9.80 Å². The minimum absolute atomic E-state index is 0.0806. The standard InChI is InChI=1S/C18H22N4O3S/c1-11-12(2)26-17-19-9-13(15(24)22(11)17)14(23)21-8-6-18(10-21)5-4-7-20(3)16(18)25/h9H,4-8,10H2,1-3H3. The number of aryl methyl sites for hydroxylation is 2. The molecule has 2 saturated heterocycles. The molecule has 1 unspecified atom stereocenters. The smallest absolute Gasteiger partial charge is 0.271 e. The van der Waals surface area contributed by atoms with Gasteiger partial charge in [-0.1, -0.05) is 0 Å². The Labute approximate surface area is 155 Å². The molecule has 2 fully saturated rings. The lowest BCUT2D eigenvalue weighted by Crippen LogP contribution is -2.48. The molecule has 2 aromatic heterocycles. The van der Waals surface area contributed by atoms with Crippen LogP contribution in [0.4, 0.5) is 0 Å². The maximum atomic E-state index is 13.0. The van der Waals surface area contributed by atoms with Crippen LogP contribution in [0, 0.1) is 19.3 Å². The van der Waals surface area contributed by atoms with Crippen LogP contribution >= 0.6 is 11.3 Å². The van der Waals surface area contributed by atoms with Crippen molar-refractivity contribution in [2.24, 2.45) is 5.41 Å². The summed E-state index contributed by atoms with van der Waals surface area (Å²) >= 11 is 1.44. The van der Waals surface area contributed by atoms with E-state index in [1.165, 1.54) is 21.9 Å². The van der Waals surface area contributed by atoms with Crippen LogP contribution in [0.5, 0.6) is 0 Å². The molecule has 138 valence electrons. The summed E-state index contributed by atoms with van der Waals surface area (Å²) in [6.07, 6.45) is 3.80. The second kappa shape index (κ2) is 5.90. The topological polar surface area (TPSA) is 75.0 Å². The number of hydrogen-bond donors (Lipinski definition) is 0. The number of piperidine rings is 1. The highest BCUT2D eigenvalue weighted by Crippen LogP contribution is 2.39. The van der Waals surface area contributed by atoms with Gasteiger partial charge in [-0.3, -0.25) is 18.8 Å². The van der Waals surface area contributed by atoms with Gasteiger partial charge >= 0.3 is 0 Å². The van der Waals surface area contributed by atoms with E-state index in [2.05, 4.69) is 4.98 Å². The lowest BCUT2D eigenvalue weighted by molar-refractivity contribution is -0.143. The molecule has 1 spiro atoms. The third-order valence-electron chi connectivity index (χ3n) is 5.84. The maximum Gasteiger partial charge on any atom is 0.271 e. The Morgan fingerprint density at radius 2 is 2.00 bits per heavy atom. The summed E-state index contributed by atoms with van der Waals surface area (Å²) in [5, 5.41) is 0. The van der Waals surface area contributed by atoms with E-state index >= 15 is 0 Å². The highest BCUT2D eigenvalue weighted by Gasteiger charge is 2.48.